The van der Waals surface area contributed by atoms with Gasteiger partial charge in [-0.3, -0.25) is 4.90 Å². The van der Waals surface area contributed by atoms with Crippen LogP contribution in [0, 0.1) is 11.7 Å². The number of nitrogens with zero attached hydrogens (tertiary/aromatic N) is 1. The molecule has 0 spiro atoms. The molecule has 2 nitrogen and oxygen atoms in total. The molecule has 4 heteroatoms. The molecule has 1 aromatic rings. The standard InChI is InChI=1S/C14H20ClFN2/c1-9-10(2)18(6-5-14(9)17)8-11-3-4-13(16)12(15)7-11/h3-4,7,9-10,14H,5-6,8,17H2,1-2H3. The van der Waals surface area contributed by atoms with Gasteiger partial charge in [-0.2, -0.15) is 0 Å². The van der Waals surface area contributed by atoms with Crippen LogP contribution in [-0.2, 0) is 6.54 Å². The van der Waals surface area contributed by atoms with Gasteiger partial charge in [0.1, 0.15) is 5.82 Å². The molecule has 1 aliphatic heterocycles. The largest absolute Gasteiger partial charge is 0.327 e. The fourth-order valence-electron chi connectivity index (χ4n) is 2.57. The van der Waals surface area contributed by atoms with Gasteiger partial charge >= 0.3 is 0 Å². The molecular weight excluding hydrogens is 251 g/mol. The van der Waals surface area contributed by atoms with Crippen LogP contribution in [0.25, 0.3) is 0 Å². The van der Waals surface area contributed by atoms with Crippen LogP contribution in [0.15, 0.2) is 18.2 Å². The Morgan fingerprint density at radius 2 is 2.17 bits per heavy atom. The second kappa shape index (κ2) is 5.55. The second-order valence-electron chi connectivity index (χ2n) is 5.27. The Balaban J connectivity index is 2.07. The first kappa shape index (κ1) is 13.8. The van der Waals surface area contributed by atoms with E-state index in [0.717, 1.165) is 25.1 Å². The first-order valence-electron chi connectivity index (χ1n) is 6.42. The van der Waals surface area contributed by atoms with Crippen LogP contribution >= 0.6 is 11.6 Å². The number of halogens is 2. The van der Waals surface area contributed by atoms with E-state index in [9.17, 15) is 4.39 Å². The van der Waals surface area contributed by atoms with Crippen LogP contribution in [0.1, 0.15) is 25.8 Å². The molecule has 0 radical (unpaired) electrons. The van der Waals surface area contributed by atoms with Crippen LogP contribution in [0.5, 0.6) is 0 Å². The van der Waals surface area contributed by atoms with Gasteiger partial charge in [0.15, 0.2) is 0 Å². The lowest BCUT2D eigenvalue weighted by Crippen LogP contribution is -2.51. The van der Waals surface area contributed by atoms with Crippen molar-refractivity contribution in [2.45, 2.75) is 38.9 Å². The molecular formula is C14H20ClFN2. The SMILES string of the molecule is CC1C(N)CCN(Cc2ccc(F)c(Cl)c2)C1C. The Labute approximate surface area is 113 Å². The molecule has 3 atom stereocenters. The highest BCUT2D eigenvalue weighted by Crippen LogP contribution is 2.25. The maximum atomic E-state index is 13.1. The average Bonchev–Trinajstić information content (AvgIpc) is 2.34. The molecule has 1 heterocycles. The monoisotopic (exact) mass is 270 g/mol. The predicted molar refractivity (Wildman–Crippen MR) is 73.0 cm³/mol. The van der Waals surface area contributed by atoms with Gasteiger partial charge in [0.2, 0.25) is 0 Å². The quantitative estimate of drug-likeness (QED) is 0.895. The van der Waals surface area contributed by atoms with Crippen LogP contribution in [0.2, 0.25) is 5.02 Å². The van der Waals surface area contributed by atoms with Gasteiger partial charge in [0.25, 0.3) is 0 Å². The van der Waals surface area contributed by atoms with E-state index in [4.69, 9.17) is 17.3 Å². The number of hydrogen-bond acceptors (Lipinski definition) is 2. The summed E-state index contributed by atoms with van der Waals surface area (Å²) in [5.41, 5.74) is 7.12. The van der Waals surface area contributed by atoms with Gasteiger partial charge in [-0.15, -0.1) is 0 Å². The van der Waals surface area contributed by atoms with Crippen molar-refractivity contribution in [2.24, 2.45) is 11.7 Å². The Bertz CT molecular complexity index is 424. The average molecular weight is 271 g/mol. The third-order valence-electron chi connectivity index (χ3n) is 4.13. The fourth-order valence-corrected chi connectivity index (χ4v) is 2.77. The van der Waals surface area contributed by atoms with Crippen molar-refractivity contribution in [3.8, 4) is 0 Å². The number of rotatable bonds is 2. The lowest BCUT2D eigenvalue weighted by Gasteiger charge is -2.41. The molecule has 0 aliphatic carbocycles. The fraction of sp³-hybridized carbons (Fsp3) is 0.571. The Kier molecular flexibility index (Phi) is 4.25. The van der Waals surface area contributed by atoms with E-state index in [0.29, 0.717) is 12.0 Å². The van der Waals surface area contributed by atoms with Crippen molar-refractivity contribution < 1.29 is 4.39 Å². The first-order valence-corrected chi connectivity index (χ1v) is 6.80. The van der Waals surface area contributed by atoms with Crippen molar-refractivity contribution in [3.63, 3.8) is 0 Å². The minimum Gasteiger partial charge on any atom is -0.327 e. The van der Waals surface area contributed by atoms with E-state index in [1.165, 1.54) is 6.07 Å². The van der Waals surface area contributed by atoms with Crippen LogP contribution in [-0.4, -0.2) is 23.5 Å². The third kappa shape index (κ3) is 2.85. The number of piperidine rings is 1. The second-order valence-corrected chi connectivity index (χ2v) is 5.68. The van der Waals surface area contributed by atoms with E-state index in [-0.39, 0.29) is 16.9 Å². The highest BCUT2D eigenvalue weighted by Gasteiger charge is 2.30. The Morgan fingerprint density at radius 3 is 2.83 bits per heavy atom. The maximum absolute atomic E-state index is 13.1. The lowest BCUT2D eigenvalue weighted by molar-refractivity contribution is 0.0910. The molecule has 100 valence electrons. The highest BCUT2D eigenvalue weighted by molar-refractivity contribution is 6.30. The van der Waals surface area contributed by atoms with Crippen molar-refractivity contribution in [2.75, 3.05) is 6.54 Å². The van der Waals surface area contributed by atoms with Crippen LogP contribution in [0.4, 0.5) is 4.39 Å². The molecule has 18 heavy (non-hydrogen) atoms. The Hall–Kier alpha value is -0.640. The van der Waals surface area contributed by atoms with E-state index in [1.807, 2.05) is 0 Å². The van der Waals surface area contributed by atoms with Crippen LogP contribution in [0.3, 0.4) is 0 Å². The maximum Gasteiger partial charge on any atom is 0.141 e. The van der Waals surface area contributed by atoms with Gasteiger partial charge in [-0.1, -0.05) is 24.6 Å². The van der Waals surface area contributed by atoms with Gasteiger partial charge in [-0.25, -0.2) is 4.39 Å². The topological polar surface area (TPSA) is 29.3 Å². The van der Waals surface area contributed by atoms with E-state index in [1.54, 1.807) is 12.1 Å². The molecule has 1 saturated heterocycles. The van der Waals surface area contributed by atoms with E-state index >= 15 is 0 Å². The van der Waals surface area contributed by atoms with Gasteiger partial charge in [0.05, 0.1) is 5.02 Å². The molecule has 2 rings (SSSR count). The van der Waals surface area contributed by atoms with Crippen molar-refractivity contribution in [3.05, 3.63) is 34.6 Å². The molecule has 0 aromatic heterocycles. The smallest absolute Gasteiger partial charge is 0.141 e. The lowest BCUT2D eigenvalue weighted by atomic mass is 9.87. The summed E-state index contributed by atoms with van der Waals surface area (Å²) in [6.07, 6.45) is 1.01. The minimum absolute atomic E-state index is 0.196. The number of likely N-dealkylation sites (tertiary alicyclic amines) is 1. The molecule has 1 aliphatic rings. The molecule has 1 fully saturated rings. The summed E-state index contributed by atoms with van der Waals surface area (Å²) < 4.78 is 13.1. The summed E-state index contributed by atoms with van der Waals surface area (Å²) >= 11 is 5.81. The van der Waals surface area contributed by atoms with Gasteiger partial charge in [0, 0.05) is 25.2 Å². The summed E-state index contributed by atoms with van der Waals surface area (Å²) in [7, 11) is 0. The number of hydrogen-bond donors (Lipinski definition) is 1. The van der Waals surface area contributed by atoms with Crippen LogP contribution < -0.4 is 5.73 Å². The van der Waals surface area contributed by atoms with E-state index < -0.39 is 0 Å². The summed E-state index contributed by atoms with van der Waals surface area (Å²) in [5.74, 6) is 0.122. The summed E-state index contributed by atoms with van der Waals surface area (Å²) in [6, 6.07) is 5.67. The molecule has 3 unspecified atom stereocenters. The molecule has 0 amide bonds. The van der Waals surface area contributed by atoms with Crippen molar-refractivity contribution in [1.82, 2.24) is 4.90 Å². The molecule has 2 N–H and O–H groups in total. The summed E-state index contributed by atoms with van der Waals surface area (Å²) in [5, 5.41) is 0.196. The number of benzene rings is 1. The first-order chi connectivity index (χ1) is 8.49. The summed E-state index contributed by atoms with van der Waals surface area (Å²) in [4.78, 5) is 2.39. The molecule has 1 aromatic carbocycles. The summed E-state index contributed by atoms with van der Waals surface area (Å²) in [6.45, 7) is 6.19. The third-order valence-corrected chi connectivity index (χ3v) is 4.42. The van der Waals surface area contributed by atoms with E-state index in [2.05, 4.69) is 18.7 Å². The Morgan fingerprint density at radius 1 is 1.44 bits per heavy atom. The zero-order valence-electron chi connectivity index (χ0n) is 10.9. The van der Waals surface area contributed by atoms with Crippen molar-refractivity contribution >= 4 is 11.6 Å². The zero-order valence-corrected chi connectivity index (χ0v) is 11.6. The predicted octanol–water partition coefficient (Wildman–Crippen LogP) is 3.04. The molecule has 0 saturated carbocycles. The zero-order chi connectivity index (χ0) is 13.3. The highest BCUT2D eigenvalue weighted by atomic mass is 35.5. The molecule has 0 bridgehead atoms. The minimum atomic E-state index is -0.359. The van der Waals surface area contributed by atoms with Crippen molar-refractivity contribution in [1.29, 1.82) is 0 Å². The van der Waals surface area contributed by atoms with Gasteiger partial charge < -0.3 is 5.73 Å². The normalized spacial score (nSPS) is 29.5. The van der Waals surface area contributed by atoms with Gasteiger partial charge in [-0.05, 0) is 37.0 Å². The number of nitrogens with two attached hydrogens (primary N) is 1.